The fourth-order valence-corrected chi connectivity index (χ4v) is 4.92. The van der Waals surface area contributed by atoms with Gasteiger partial charge in [-0.2, -0.15) is 0 Å². The van der Waals surface area contributed by atoms with Crippen LogP contribution in [0.4, 0.5) is 11.4 Å². The Morgan fingerprint density at radius 3 is 2.39 bits per heavy atom. The fraction of sp³-hybridized carbons (Fsp3) is 0.360. The second-order valence-corrected chi connectivity index (χ2v) is 10.1. The van der Waals surface area contributed by atoms with Crippen LogP contribution >= 0.6 is 22.6 Å². The van der Waals surface area contributed by atoms with Gasteiger partial charge in [-0.1, -0.05) is 0 Å². The van der Waals surface area contributed by atoms with Gasteiger partial charge in [0.05, 0.1) is 5.57 Å². The van der Waals surface area contributed by atoms with Crippen molar-refractivity contribution in [3.05, 3.63) is 63.4 Å². The van der Waals surface area contributed by atoms with Crippen LogP contribution in [-0.2, 0) is 4.79 Å². The quantitative estimate of drug-likeness (QED) is 0.322. The van der Waals surface area contributed by atoms with Gasteiger partial charge in [-0.05, 0) is 86.1 Å². The van der Waals surface area contributed by atoms with Crippen molar-refractivity contribution in [2.24, 2.45) is 0 Å². The molecular weight excluding hydrogens is 529 g/mol. The standard InChI is InChI=1S/C25H30IN5O2/c1-17(16-29(2)3)30-10-12-31(13-11-30)20-7-5-19(6-8-20)27-15-23-22-14-18(26)4-9-21(22)24(32)28-25(23)33/h4-9,14-15,17,27H,10-13,16H2,1-3H3,(H,28,32,33)/b23-15-. The van der Waals surface area contributed by atoms with E-state index >= 15 is 0 Å². The summed E-state index contributed by atoms with van der Waals surface area (Å²) in [5, 5.41) is 5.64. The maximum atomic E-state index is 12.4. The van der Waals surface area contributed by atoms with Gasteiger partial charge in [0.15, 0.2) is 0 Å². The predicted molar refractivity (Wildman–Crippen MR) is 141 cm³/mol. The number of likely N-dealkylation sites (N-methyl/N-ethyl adjacent to an activating group) is 1. The number of amides is 2. The van der Waals surface area contributed by atoms with Crippen molar-refractivity contribution in [1.82, 2.24) is 15.1 Å². The van der Waals surface area contributed by atoms with Crippen LogP contribution in [0.5, 0.6) is 0 Å². The van der Waals surface area contributed by atoms with E-state index in [1.165, 1.54) is 5.69 Å². The third-order valence-electron chi connectivity index (χ3n) is 6.17. The Morgan fingerprint density at radius 2 is 1.73 bits per heavy atom. The Kier molecular flexibility index (Phi) is 7.35. The van der Waals surface area contributed by atoms with Crippen molar-refractivity contribution in [3.63, 3.8) is 0 Å². The third kappa shape index (κ3) is 5.56. The van der Waals surface area contributed by atoms with E-state index in [0.717, 1.165) is 42.0 Å². The van der Waals surface area contributed by atoms with E-state index in [0.29, 0.717) is 22.7 Å². The number of nitrogens with one attached hydrogen (secondary N) is 2. The highest BCUT2D eigenvalue weighted by Gasteiger charge is 2.27. The molecule has 2 amide bonds. The molecule has 7 nitrogen and oxygen atoms in total. The number of hydrogen-bond acceptors (Lipinski definition) is 6. The van der Waals surface area contributed by atoms with E-state index in [4.69, 9.17) is 0 Å². The van der Waals surface area contributed by atoms with Crippen molar-refractivity contribution in [3.8, 4) is 0 Å². The van der Waals surface area contributed by atoms with Crippen LogP contribution in [0.1, 0.15) is 22.8 Å². The molecule has 2 heterocycles. The molecular formula is C25H30IN5O2. The molecule has 1 fully saturated rings. The number of imide groups is 1. The molecule has 33 heavy (non-hydrogen) atoms. The molecule has 0 radical (unpaired) electrons. The molecule has 174 valence electrons. The van der Waals surface area contributed by atoms with Gasteiger partial charge < -0.3 is 15.1 Å². The molecule has 2 N–H and O–H groups in total. The number of nitrogens with zero attached hydrogens (tertiary/aromatic N) is 3. The summed E-state index contributed by atoms with van der Waals surface area (Å²) >= 11 is 2.18. The number of anilines is 2. The zero-order valence-corrected chi connectivity index (χ0v) is 21.4. The molecule has 0 aromatic heterocycles. The summed E-state index contributed by atoms with van der Waals surface area (Å²) in [5.41, 5.74) is 3.71. The van der Waals surface area contributed by atoms with Gasteiger partial charge in [0.25, 0.3) is 11.8 Å². The van der Waals surface area contributed by atoms with Crippen molar-refractivity contribution < 1.29 is 9.59 Å². The molecule has 4 rings (SSSR count). The van der Waals surface area contributed by atoms with Gasteiger partial charge in [0, 0.05) is 71.0 Å². The number of piperazine rings is 1. The lowest BCUT2D eigenvalue weighted by atomic mass is 9.95. The molecule has 0 aliphatic carbocycles. The molecule has 8 heteroatoms. The van der Waals surface area contributed by atoms with Crippen LogP contribution in [0.3, 0.4) is 0 Å². The van der Waals surface area contributed by atoms with Gasteiger partial charge in [-0.3, -0.25) is 19.8 Å². The lowest BCUT2D eigenvalue weighted by Crippen LogP contribution is -2.51. The SMILES string of the molecule is CC(CN(C)C)N1CCN(c2ccc(N/C=C3\C(=O)NC(=O)c4ccc(I)cc43)cc2)CC1. The Hall–Kier alpha value is -2.43. The normalized spacial score (nSPS) is 18.9. The zero-order chi connectivity index (χ0) is 23.5. The first kappa shape index (κ1) is 23.7. The van der Waals surface area contributed by atoms with Crippen LogP contribution < -0.4 is 15.5 Å². The highest BCUT2D eigenvalue weighted by atomic mass is 127. The Bertz CT molecular complexity index is 1060. The number of fused-ring (bicyclic) bond motifs is 1. The van der Waals surface area contributed by atoms with E-state index in [-0.39, 0.29) is 11.8 Å². The molecule has 2 aromatic rings. The summed E-state index contributed by atoms with van der Waals surface area (Å²) < 4.78 is 0.973. The van der Waals surface area contributed by atoms with Crippen molar-refractivity contribution in [2.45, 2.75) is 13.0 Å². The smallest absolute Gasteiger partial charge is 0.260 e. The number of carbonyl (C=O) groups is 2. The van der Waals surface area contributed by atoms with E-state index in [9.17, 15) is 9.59 Å². The summed E-state index contributed by atoms with van der Waals surface area (Å²) in [6.07, 6.45) is 1.68. The van der Waals surface area contributed by atoms with Crippen LogP contribution in [0.15, 0.2) is 48.7 Å². The zero-order valence-electron chi connectivity index (χ0n) is 19.3. The second kappa shape index (κ2) is 10.2. The maximum absolute atomic E-state index is 12.4. The molecule has 1 unspecified atom stereocenters. The Morgan fingerprint density at radius 1 is 1.03 bits per heavy atom. The largest absolute Gasteiger partial charge is 0.369 e. The minimum Gasteiger partial charge on any atom is -0.369 e. The van der Waals surface area contributed by atoms with Crippen LogP contribution in [0.2, 0.25) is 0 Å². The highest BCUT2D eigenvalue weighted by molar-refractivity contribution is 14.1. The average Bonchev–Trinajstić information content (AvgIpc) is 2.79. The first-order valence-corrected chi connectivity index (χ1v) is 12.3. The highest BCUT2D eigenvalue weighted by Crippen LogP contribution is 2.27. The molecule has 0 saturated carbocycles. The van der Waals surface area contributed by atoms with E-state index in [1.54, 1.807) is 12.3 Å². The Balaban J connectivity index is 1.40. The second-order valence-electron chi connectivity index (χ2n) is 8.86. The average molecular weight is 559 g/mol. The topological polar surface area (TPSA) is 67.9 Å². The summed E-state index contributed by atoms with van der Waals surface area (Å²) in [6, 6.07) is 14.3. The number of hydrogen-bond donors (Lipinski definition) is 2. The number of carbonyl (C=O) groups excluding carboxylic acids is 2. The van der Waals surface area contributed by atoms with E-state index in [1.807, 2.05) is 24.3 Å². The molecule has 1 atom stereocenters. The first-order valence-electron chi connectivity index (χ1n) is 11.2. The summed E-state index contributed by atoms with van der Waals surface area (Å²) in [4.78, 5) is 31.8. The van der Waals surface area contributed by atoms with Gasteiger partial charge in [0.2, 0.25) is 0 Å². The van der Waals surface area contributed by atoms with Crippen LogP contribution in [0.25, 0.3) is 5.57 Å². The molecule has 0 bridgehead atoms. The van der Waals surface area contributed by atoms with E-state index in [2.05, 4.69) is 81.1 Å². The molecule has 0 spiro atoms. The van der Waals surface area contributed by atoms with Gasteiger partial charge >= 0.3 is 0 Å². The molecule has 2 aliphatic heterocycles. The minimum atomic E-state index is -0.389. The lowest BCUT2D eigenvalue weighted by molar-refractivity contribution is -0.114. The van der Waals surface area contributed by atoms with E-state index < -0.39 is 0 Å². The Labute approximate surface area is 208 Å². The van der Waals surface area contributed by atoms with Crippen molar-refractivity contribution >= 4 is 51.4 Å². The summed E-state index contributed by atoms with van der Waals surface area (Å²) in [7, 11) is 4.25. The van der Waals surface area contributed by atoms with Crippen LogP contribution in [-0.4, -0.2) is 74.5 Å². The van der Waals surface area contributed by atoms with Gasteiger partial charge in [-0.15, -0.1) is 0 Å². The number of rotatable bonds is 6. The van der Waals surface area contributed by atoms with Crippen LogP contribution in [0, 0.1) is 3.57 Å². The maximum Gasteiger partial charge on any atom is 0.260 e. The first-order chi connectivity index (χ1) is 15.8. The van der Waals surface area contributed by atoms with Crippen molar-refractivity contribution in [1.29, 1.82) is 0 Å². The molecule has 2 aromatic carbocycles. The van der Waals surface area contributed by atoms with Crippen molar-refractivity contribution in [2.75, 3.05) is 57.0 Å². The fourth-order valence-electron chi connectivity index (χ4n) is 4.43. The summed E-state index contributed by atoms with van der Waals surface area (Å²) in [5.74, 6) is -0.746. The summed E-state index contributed by atoms with van der Waals surface area (Å²) in [6.45, 7) is 7.52. The molecule has 2 aliphatic rings. The predicted octanol–water partition coefficient (Wildman–Crippen LogP) is 3.09. The molecule has 1 saturated heterocycles. The van der Waals surface area contributed by atoms with Gasteiger partial charge in [-0.25, -0.2) is 0 Å². The number of halogens is 1. The van der Waals surface area contributed by atoms with Gasteiger partial charge in [0.1, 0.15) is 0 Å². The minimum absolute atomic E-state index is 0.357. The number of benzene rings is 2. The lowest BCUT2D eigenvalue weighted by Gasteiger charge is -2.39. The third-order valence-corrected chi connectivity index (χ3v) is 6.84. The monoisotopic (exact) mass is 559 g/mol.